The van der Waals surface area contributed by atoms with Crippen molar-refractivity contribution in [3.63, 3.8) is 0 Å². The van der Waals surface area contributed by atoms with Crippen LogP contribution in [0.1, 0.15) is 40.0 Å². The van der Waals surface area contributed by atoms with Crippen molar-refractivity contribution in [2.24, 2.45) is 17.3 Å². The minimum atomic E-state index is -0.894. The number of hydrogen-bond donors (Lipinski definition) is 1. The van der Waals surface area contributed by atoms with Gasteiger partial charge in [-0.05, 0) is 50.0 Å². The topological polar surface area (TPSA) is 72.8 Å². The highest BCUT2D eigenvalue weighted by atomic mass is 16.6. The predicted octanol–water partition coefficient (Wildman–Crippen LogP) is 2.70. The van der Waals surface area contributed by atoms with Gasteiger partial charge in [0.05, 0.1) is 0 Å². The average Bonchev–Trinajstić information content (AvgIpc) is 2.83. The zero-order chi connectivity index (χ0) is 18.5. The number of hydrogen-bond acceptors (Lipinski definition) is 5. The third-order valence-corrected chi connectivity index (χ3v) is 6.28. The predicted molar refractivity (Wildman–Crippen MR) is 92.4 cm³/mol. The molecule has 3 rings (SSSR count). The fraction of sp³-hybridized carbons (Fsp3) is 0.600. The smallest absolute Gasteiger partial charge is 0.334 e. The summed E-state index contributed by atoms with van der Waals surface area (Å²) in [6.45, 7) is 13.5. The lowest BCUT2D eigenvalue weighted by atomic mass is 9.54. The molecule has 0 radical (unpaired) electrons. The van der Waals surface area contributed by atoms with Gasteiger partial charge in [0.1, 0.15) is 18.3 Å². The lowest BCUT2D eigenvalue weighted by Gasteiger charge is -2.52. The van der Waals surface area contributed by atoms with Gasteiger partial charge in [-0.2, -0.15) is 0 Å². The zero-order valence-electron chi connectivity index (χ0n) is 15.1. The Hall–Kier alpha value is -1.88. The molecule has 0 aromatic rings. The van der Waals surface area contributed by atoms with Gasteiger partial charge in [-0.1, -0.05) is 26.2 Å². The zero-order valence-corrected chi connectivity index (χ0v) is 15.1. The van der Waals surface area contributed by atoms with E-state index in [0.717, 1.165) is 0 Å². The number of ether oxygens (including phenoxy) is 2. The molecule has 136 valence electrons. The van der Waals surface area contributed by atoms with E-state index in [1.165, 1.54) is 0 Å². The van der Waals surface area contributed by atoms with Crippen LogP contribution in [0.5, 0.6) is 0 Å². The van der Waals surface area contributed by atoms with Crippen LogP contribution in [0.4, 0.5) is 0 Å². The Kier molecular flexibility index (Phi) is 4.40. The third kappa shape index (κ3) is 2.84. The van der Waals surface area contributed by atoms with E-state index < -0.39 is 18.2 Å². The van der Waals surface area contributed by atoms with E-state index in [0.29, 0.717) is 36.0 Å². The molecule has 0 amide bonds. The van der Waals surface area contributed by atoms with Crippen molar-refractivity contribution in [1.29, 1.82) is 0 Å². The summed E-state index contributed by atoms with van der Waals surface area (Å²) >= 11 is 0. The van der Waals surface area contributed by atoms with Crippen molar-refractivity contribution in [2.45, 2.75) is 58.3 Å². The summed E-state index contributed by atoms with van der Waals surface area (Å²) in [7, 11) is 0. The quantitative estimate of drug-likeness (QED) is 0.473. The van der Waals surface area contributed by atoms with Crippen LogP contribution in [0.25, 0.3) is 0 Å². The van der Waals surface area contributed by atoms with E-state index in [-0.39, 0.29) is 29.3 Å². The van der Waals surface area contributed by atoms with Gasteiger partial charge in [-0.15, -0.1) is 0 Å². The van der Waals surface area contributed by atoms with E-state index in [1.807, 2.05) is 0 Å². The number of fused-ring (bicyclic) bond motifs is 2. The van der Waals surface area contributed by atoms with Crippen LogP contribution in [0, 0.1) is 17.3 Å². The first-order valence-corrected chi connectivity index (χ1v) is 8.78. The molecule has 1 heterocycles. The van der Waals surface area contributed by atoms with E-state index in [9.17, 15) is 14.7 Å². The molecule has 0 aromatic heterocycles. The normalized spacial score (nSPS) is 41.0. The second-order valence-electron chi connectivity index (χ2n) is 7.86. The molecule has 0 bridgehead atoms. The first-order valence-electron chi connectivity index (χ1n) is 8.78. The summed E-state index contributed by atoms with van der Waals surface area (Å²) in [5, 5.41) is 10.6. The second kappa shape index (κ2) is 6.13. The van der Waals surface area contributed by atoms with Crippen molar-refractivity contribution in [1.82, 2.24) is 0 Å². The highest BCUT2D eigenvalue weighted by molar-refractivity contribution is 5.91. The Morgan fingerprint density at radius 2 is 2.08 bits per heavy atom. The van der Waals surface area contributed by atoms with Crippen molar-refractivity contribution in [3.8, 4) is 0 Å². The van der Waals surface area contributed by atoms with Crippen LogP contribution in [-0.2, 0) is 19.1 Å². The summed E-state index contributed by atoms with van der Waals surface area (Å²) in [4.78, 5) is 24.0. The summed E-state index contributed by atoms with van der Waals surface area (Å²) in [5.41, 5.74) is 1.47. The molecule has 1 aliphatic heterocycles. The minimum absolute atomic E-state index is 0.0149. The lowest BCUT2D eigenvalue weighted by molar-refractivity contribution is -0.159. The van der Waals surface area contributed by atoms with E-state index in [4.69, 9.17) is 9.47 Å². The lowest BCUT2D eigenvalue weighted by Crippen LogP contribution is -2.52. The fourth-order valence-corrected chi connectivity index (χ4v) is 4.58. The molecular formula is C20H26O5. The Labute approximate surface area is 148 Å². The highest BCUT2D eigenvalue weighted by Gasteiger charge is 2.56. The van der Waals surface area contributed by atoms with Crippen molar-refractivity contribution in [3.05, 3.63) is 36.0 Å². The van der Waals surface area contributed by atoms with Gasteiger partial charge in [0.15, 0.2) is 0 Å². The van der Waals surface area contributed by atoms with Crippen LogP contribution < -0.4 is 0 Å². The number of aliphatic hydroxyl groups is 1. The van der Waals surface area contributed by atoms with Gasteiger partial charge in [0, 0.05) is 17.1 Å². The molecule has 0 spiro atoms. The van der Waals surface area contributed by atoms with E-state index >= 15 is 0 Å². The van der Waals surface area contributed by atoms with Gasteiger partial charge >= 0.3 is 11.9 Å². The molecule has 0 unspecified atom stereocenters. The van der Waals surface area contributed by atoms with Gasteiger partial charge < -0.3 is 14.6 Å². The first-order chi connectivity index (χ1) is 11.7. The Morgan fingerprint density at radius 1 is 1.40 bits per heavy atom. The minimum Gasteiger partial charge on any atom is -0.458 e. The maximum atomic E-state index is 12.1. The molecule has 2 saturated carbocycles. The Bertz CT molecular complexity index is 676. The Balaban J connectivity index is 1.83. The number of carbonyl (C=O) groups excluding carboxylic acids is 2. The molecule has 3 aliphatic rings. The number of rotatable bonds is 2. The van der Waals surface area contributed by atoms with Crippen LogP contribution in [0.2, 0.25) is 0 Å². The maximum absolute atomic E-state index is 12.1. The molecule has 0 aromatic carbocycles. The molecule has 5 nitrogen and oxygen atoms in total. The van der Waals surface area contributed by atoms with Gasteiger partial charge in [-0.3, -0.25) is 0 Å². The van der Waals surface area contributed by atoms with Crippen molar-refractivity contribution < 1.29 is 24.2 Å². The molecule has 1 saturated heterocycles. The van der Waals surface area contributed by atoms with Crippen LogP contribution in [-0.4, -0.2) is 35.4 Å². The van der Waals surface area contributed by atoms with Gasteiger partial charge in [0.25, 0.3) is 0 Å². The van der Waals surface area contributed by atoms with E-state index in [2.05, 4.69) is 20.1 Å². The average molecular weight is 346 g/mol. The SMILES string of the molecule is C=C1C(=O)O[C@@H]2C[C@@]3(C)C[C@@H](OC(=O)/C(C)=C/C)[C@H](O)C(=C)[C@H]3C[C@H]12. The van der Waals surface area contributed by atoms with Crippen LogP contribution >= 0.6 is 0 Å². The molecule has 6 atom stereocenters. The summed E-state index contributed by atoms with van der Waals surface area (Å²) in [6.07, 6.45) is 1.85. The largest absolute Gasteiger partial charge is 0.458 e. The molecule has 1 N–H and O–H groups in total. The van der Waals surface area contributed by atoms with E-state index in [1.54, 1.807) is 19.9 Å². The fourth-order valence-electron chi connectivity index (χ4n) is 4.58. The molecule has 5 heteroatoms. The van der Waals surface area contributed by atoms with Crippen molar-refractivity contribution in [2.75, 3.05) is 0 Å². The number of allylic oxidation sites excluding steroid dienone is 1. The van der Waals surface area contributed by atoms with Gasteiger partial charge in [0.2, 0.25) is 0 Å². The molecular weight excluding hydrogens is 320 g/mol. The summed E-state index contributed by atoms with van der Waals surface area (Å²) in [6, 6.07) is 0. The molecule has 25 heavy (non-hydrogen) atoms. The van der Waals surface area contributed by atoms with Crippen LogP contribution in [0.15, 0.2) is 36.0 Å². The highest BCUT2D eigenvalue weighted by Crippen LogP contribution is 2.57. The number of aliphatic hydroxyl groups excluding tert-OH is 1. The van der Waals surface area contributed by atoms with Crippen LogP contribution in [0.3, 0.4) is 0 Å². The maximum Gasteiger partial charge on any atom is 0.334 e. The molecule has 2 aliphatic carbocycles. The summed E-state index contributed by atoms with van der Waals surface area (Å²) in [5.74, 6) is -0.711. The summed E-state index contributed by atoms with van der Waals surface area (Å²) < 4.78 is 11.0. The monoisotopic (exact) mass is 346 g/mol. The van der Waals surface area contributed by atoms with Crippen molar-refractivity contribution >= 4 is 11.9 Å². The van der Waals surface area contributed by atoms with Gasteiger partial charge in [-0.25, -0.2) is 9.59 Å². The standard InChI is InChI=1S/C20H26O5/c1-6-10(2)18(22)25-16-9-20(5)8-15-13(11(3)19(23)24-15)7-14(20)12(4)17(16)21/h6,13-17,21H,3-4,7-9H2,1-2,5H3/b10-6+/t13-,14-,15-,16-,17-,20+/m1/s1. The molecule has 3 fully saturated rings. The first kappa shape index (κ1) is 17.9. The number of esters is 2. The second-order valence-corrected chi connectivity index (χ2v) is 7.86. The third-order valence-electron chi connectivity index (χ3n) is 6.28. The number of carbonyl (C=O) groups is 2. The Morgan fingerprint density at radius 3 is 2.72 bits per heavy atom.